The van der Waals surface area contributed by atoms with Crippen molar-refractivity contribution in [3.8, 4) is 0 Å². The minimum absolute atomic E-state index is 0.0484. The Bertz CT molecular complexity index is 745. The highest BCUT2D eigenvalue weighted by molar-refractivity contribution is 6.01. The fraction of sp³-hybridized carbons (Fsp3) is 0.545. The first kappa shape index (κ1) is 18.2. The zero-order valence-corrected chi connectivity index (χ0v) is 16.4. The second-order valence-corrected chi connectivity index (χ2v) is 7.77. The Morgan fingerprint density at radius 1 is 1.30 bits per heavy atom. The molecular weight excluding hydrogens is 334 g/mol. The molecule has 144 valence electrons. The van der Waals surface area contributed by atoms with Crippen LogP contribution in [0.5, 0.6) is 0 Å². The summed E-state index contributed by atoms with van der Waals surface area (Å²) in [5.41, 5.74) is 4.83. The molecule has 1 aromatic carbocycles. The lowest BCUT2D eigenvalue weighted by atomic mass is 9.94. The number of amidine groups is 1. The first-order valence-corrected chi connectivity index (χ1v) is 10.4. The van der Waals surface area contributed by atoms with E-state index in [1.165, 1.54) is 54.7 Å². The number of allylic oxidation sites excluding steroid dienone is 1. The minimum atomic E-state index is 0.0484. The molecule has 0 saturated carbocycles. The van der Waals surface area contributed by atoms with Gasteiger partial charge in [0.25, 0.3) is 0 Å². The van der Waals surface area contributed by atoms with E-state index < -0.39 is 0 Å². The molecule has 0 bridgehead atoms. The number of piperidine rings is 1. The fourth-order valence-corrected chi connectivity index (χ4v) is 4.30. The number of likely N-dealkylation sites (tertiary alicyclic amines) is 1. The molecule has 1 aromatic rings. The average molecular weight is 366 g/mol. The lowest BCUT2D eigenvalue weighted by Gasteiger charge is -2.26. The molecule has 3 aliphatic heterocycles. The SMILES string of the molecule is C=C(CC)c1ccc2c(c1)NC1N=CNC(=NCCCN3CCCCC3)C21. The van der Waals surface area contributed by atoms with E-state index >= 15 is 0 Å². The third-order valence-electron chi connectivity index (χ3n) is 5.95. The number of hydrogen-bond acceptors (Lipinski definition) is 4. The Kier molecular flexibility index (Phi) is 5.58. The van der Waals surface area contributed by atoms with Gasteiger partial charge in [-0.05, 0) is 68.1 Å². The van der Waals surface area contributed by atoms with Gasteiger partial charge in [-0.3, -0.25) is 4.99 Å². The number of nitrogens with zero attached hydrogens (tertiary/aromatic N) is 3. The van der Waals surface area contributed by atoms with Crippen molar-refractivity contribution in [2.24, 2.45) is 9.98 Å². The van der Waals surface area contributed by atoms with Crippen LogP contribution in [-0.4, -0.2) is 49.4 Å². The van der Waals surface area contributed by atoms with Gasteiger partial charge < -0.3 is 15.5 Å². The molecule has 1 fully saturated rings. The van der Waals surface area contributed by atoms with Crippen molar-refractivity contribution in [3.05, 3.63) is 35.9 Å². The highest BCUT2D eigenvalue weighted by Gasteiger charge is 2.37. The summed E-state index contributed by atoms with van der Waals surface area (Å²) in [5, 5.41) is 6.87. The Balaban J connectivity index is 1.43. The predicted octanol–water partition coefficient (Wildman–Crippen LogP) is 3.85. The number of benzene rings is 1. The van der Waals surface area contributed by atoms with Crippen molar-refractivity contribution in [1.29, 1.82) is 0 Å². The van der Waals surface area contributed by atoms with Crippen LogP contribution in [0.2, 0.25) is 0 Å². The molecule has 0 aliphatic carbocycles. The van der Waals surface area contributed by atoms with E-state index in [9.17, 15) is 0 Å². The number of fused-ring (bicyclic) bond motifs is 3. The first-order valence-electron chi connectivity index (χ1n) is 10.4. The third-order valence-corrected chi connectivity index (χ3v) is 5.95. The number of nitrogens with one attached hydrogen (secondary N) is 2. The lowest BCUT2D eigenvalue weighted by molar-refractivity contribution is 0.228. The predicted molar refractivity (Wildman–Crippen MR) is 115 cm³/mol. The topological polar surface area (TPSA) is 52.0 Å². The van der Waals surface area contributed by atoms with Crippen LogP contribution in [0.3, 0.4) is 0 Å². The van der Waals surface area contributed by atoms with Crippen molar-refractivity contribution < 1.29 is 0 Å². The average Bonchev–Trinajstić information content (AvgIpc) is 3.09. The Morgan fingerprint density at radius 3 is 2.96 bits per heavy atom. The van der Waals surface area contributed by atoms with Gasteiger partial charge in [-0.1, -0.05) is 32.1 Å². The van der Waals surface area contributed by atoms with Crippen LogP contribution in [0.4, 0.5) is 5.69 Å². The monoisotopic (exact) mass is 365 g/mol. The number of aliphatic imine (C=N–C) groups is 2. The third kappa shape index (κ3) is 3.93. The summed E-state index contributed by atoms with van der Waals surface area (Å²) in [4.78, 5) is 12.1. The minimum Gasteiger partial charge on any atom is -0.363 e. The van der Waals surface area contributed by atoms with Crippen LogP contribution in [0.1, 0.15) is 56.1 Å². The van der Waals surface area contributed by atoms with Crippen molar-refractivity contribution in [2.45, 2.75) is 51.1 Å². The second kappa shape index (κ2) is 8.26. The Hall–Kier alpha value is -2.14. The van der Waals surface area contributed by atoms with Gasteiger partial charge >= 0.3 is 0 Å². The van der Waals surface area contributed by atoms with Gasteiger partial charge in [0.15, 0.2) is 0 Å². The lowest BCUT2D eigenvalue weighted by Crippen LogP contribution is -2.39. The molecule has 3 heterocycles. The van der Waals surface area contributed by atoms with E-state index in [2.05, 4.69) is 52.2 Å². The van der Waals surface area contributed by atoms with Crippen LogP contribution >= 0.6 is 0 Å². The standard InChI is InChI=1S/C22H31N5/c1-3-16(2)17-8-9-18-19(14-17)26-22-20(18)21(24-15-25-22)23-10-7-13-27-11-5-4-6-12-27/h8-9,14-15,20,22,26H,2-7,10-13H2,1H3,(H,23,24,25). The van der Waals surface area contributed by atoms with E-state index in [0.29, 0.717) is 0 Å². The van der Waals surface area contributed by atoms with Crippen LogP contribution < -0.4 is 10.6 Å². The van der Waals surface area contributed by atoms with E-state index in [4.69, 9.17) is 4.99 Å². The van der Waals surface area contributed by atoms with Gasteiger partial charge in [-0.25, -0.2) is 4.99 Å². The van der Waals surface area contributed by atoms with Crippen LogP contribution in [0.15, 0.2) is 34.8 Å². The normalized spacial score (nSPS) is 25.6. The number of anilines is 1. The summed E-state index contributed by atoms with van der Waals surface area (Å²) >= 11 is 0. The molecule has 1 saturated heterocycles. The van der Waals surface area contributed by atoms with Crippen LogP contribution in [-0.2, 0) is 0 Å². The Morgan fingerprint density at radius 2 is 2.15 bits per heavy atom. The largest absolute Gasteiger partial charge is 0.363 e. The maximum Gasteiger partial charge on any atom is 0.134 e. The maximum atomic E-state index is 4.91. The molecule has 0 radical (unpaired) electrons. The molecule has 27 heavy (non-hydrogen) atoms. The van der Waals surface area contributed by atoms with Crippen LogP contribution in [0, 0.1) is 0 Å². The highest BCUT2D eigenvalue weighted by atomic mass is 15.2. The van der Waals surface area contributed by atoms with Gasteiger partial charge in [0.05, 0.1) is 12.3 Å². The van der Waals surface area contributed by atoms with Gasteiger partial charge in [0.1, 0.15) is 12.0 Å². The summed E-state index contributed by atoms with van der Waals surface area (Å²) in [7, 11) is 0. The molecule has 5 nitrogen and oxygen atoms in total. The van der Waals surface area contributed by atoms with E-state index in [-0.39, 0.29) is 12.1 Å². The highest BCUT2D eigenvalue weighted by Crippen LogP contribution is 2.39. The van der Waals surface area contributed by atoms with E-state index in [1.807, 2.05) is 0 Å². The summed E-state index contributed by atoms with van der Waals surface area (Å²) in [6.07, 6.45) is 8.02. The van der Waals surface area contributed by atoms with Gasteiger partial charge in [-0.2, -0.15) is 0 Å². The maximum absolute atomic E-state index is 4.91. The molecule has 2 N–H and O–H groups in total. The molecule has 5 heteroatoms. The molecular formula is C22H31N5. The second-order valence-electron chi connectivity index (χ2n) is 7.77. The fourth-order valence-electron chi connectivity index (χ4n) is 4.30. The van der Waals surface area contributed by atoms with Crippen molar-refractivity contribution in [2.75, 3.05) is 31.5 Å². The van der Waals surface area contributed by atoms with Gasteiger partial charge in [0, 0.05) is 12.2 Å². The van der Waals surface area contributed by atoms with E-state index in [1.54, 1.807) is 6.34 Å². The molecule has 0 spiro atoms. The molecule has 4 rings (SSSR count). The zero-order chi connectivity index (χ0) is 18.6. The van der Waals surface area contributed by atoms with Crippen molar-refractivity contribution in [1.82, 2.24) is 10.2 Å². The summed E-state index contributed by atoms with van der Waals surface area (Å²) < 4.78 is 0. The molecule has 0 aromatic heterocycles. The smallest absolute Gasteiger partial charge is 0.134 e. The van der Waals surface area contributed by atoms with Crippen molar-refractivity contribution >= 4 is 23.4 Å². The van der Waals surface area contributed by atoms with E-state index in [0.717, 1.165) is 31.8 Å². The number of rotatable bonds is 6. The number of hydrogen-bond donors (Lipinski definition) is 2. The molecule has 0 amide bonds. The summed E-state index contributed by atoms with van der Waals surface area (Å²) in [6.45, 7) is 10.9. The van der Waals surface area contributed by atoms with Crippen LogP contribution in [0.25, 0.3) is 5.57 Å². The molecule has 3 aliphatic rings. The zero-order valence-electron chi connectivity index (χ0n) is 16.4. The Labute approximate surface area is 162 Å². The van der Waals surface area contributed by atoms with Gasteiger partial charge in [-0.15, -0.1) is 0 Å². The van der Waals surface area contributed by atoms with Crippen molar-refractivity contribution in [3.63, 3.8) is 0 Å². The van der Waals surface area contributed by atoms with Gasteiger partial charge in [0.2, 0.25) is 0 Å². The molecule has 2 unspecified atom stereocenters. The quantitative estimate of drug-likeness (QED) is 0.753. The first-order chi connectivity index (χ1) is 13.3. The molecule has 2 atom stereocenters. The summed E-state index contributed by atoms with van der Waals surface area (Å²) in [6, 6.07) is 6.61. The summed E-state index contributed by atoms with van der Waals surface area (Å²) in [5.74, 6) is 1.23.